The predicted molar refractivity (Wildman–Crippen MR) is 166 cm³/mol. The Morgan fingerprint density at radius 1 is 0.700 bits per heavy atom. The average molecular weight is 551 g/mol. The molecule has 220 valence electrons. The fourth-order valence-electron chi connectivity index (χ4n) is 4.17. The second-order valence-corrected chi connectivity index (χ2v) is 9.84. The molecule has 0 bridgehead atoms. The molecule has 0 saturated heterocycles. The summed E-state index contributed by atoms with van der Waals surface area (Å²) in [6.07, 6.45) is 39.2. The first-order valence-electron chi connectivity index (χ1n) is 14.8. The number of ether oxygens (including phenoxy) is 1. The zero-order chi connectivity index (χ0) is 29.1. The number of methoxy groups -OCH3 is 1. The molecule has 2 N–H and O–H groups in total. The lowest BCUT2D eigenvalue weighted by atomic mass is 9.86. The second kappa shape index (κ2) is 24.6. The van der Waals surface area contributed by atoms with Crippen molar-refractivity contribution in [2.24, 2.45) is 5.92 Å². The lowest BCUT2D eigenvalue weighted by molar-refractivity contribution is -0.135. The Morgan fingerprint density at radius 2 is 1.20 bits per heavy atom. The molecule has 0 atom stereocenters. The topological polar surface area (TPSA) is 84.5 Å². The van der Waals surface area contributed by atoms with Gasteiger partial charge in [-0.15, -0.1) is 0 Å². The largest absolute Gasteiger partial charge is 0.466 e. The van der Waals surface area contributed by atoms with Crippen LogP contribution in [-0.4, -0.2) is 37.5 Å². The fourth-order valence-corrected chi connectivity index (χ4v) is 4.17. The average Bonchev–Trinajstić information content (AvgIpc) is 2.96. The molecule has 1 rings (SSSR count). The van der Waals surface area contributed by atoms with Gasteiger partial charge in [0.25, 0.3) is 0 Å². The highest BCUT2D eigenvalue weighted by Crippen LogP contribution is 2.23. The minimum Gasteiger partial charge on any atom is -0.466 e. The highest BCUT2D eigenvalue weighted by atomic mass is 16.5. The summed E-state index contributed by atoms with van der Waals surface area (Å²) in [6.45, 7) is 2.83. The van der Waals surface area contributed by atoms with Crippen molar-refractivity contribution >= 4 is 17.8 Å². The Hall–Kier alpha value is -3.41. The molecule has 0 radical (unpaired) electrons. The highest BCUT2D eigenvalue weighted by Gasteiger charge is 2.22. The molecular weight excluding hydrogens is 500 g/mol. The molecule has 0 aromatic carbocycles. The minimum atomic E-state index is -0.546. The monoisotopic (exact) mass is 550 g/mol. The van der Waals surface area contributed by atoms with Gasteiger partial charge in [-0.3, -0.25) is 9.59 Å². The van der Waals surface area contributed by atoms with Crippen LogP contribution >= 0.6 is 0 Å². The van der Waals surface area contributed by atoms with E-state index in [4.69, 9.17) is 0 Å². The molecule has 0 heterocycles. The number of carbonyl (C=O) groups excluding carboxylic acids is 3. The maximum absolute atomic E-state index is 12.2. The molecule has 6 nitrogen and oxygen atoms in total. The van der Waals surface area contributed by atoms with Gasteiger partial charge in [-0.25, -0.2) is 4.79 Å². The van der Waals surface area contributed by atoms with Crippen molar-refractivity contribution in [2.45, 2.75) is 90.0 Å². The number of amides is 2. The van der Waals surface area contributed by atoms with Crippen molar-refractivity contribution in [3.63, 3.8) is 0 Å². The van der Waals surface area contributed by atoms with Gasteiger partial charge in [0.15, 0.2) is 0 Å². The van der Waals surface area contributed by atoms with Gasteiger partial charge >= 0.3 is 5.97 Å². The van der Waals surface area contributed by atoms with Gasteiger partial charge in [0.05, 0.1) is 7.11 Å². The number of esters is 1. The number of allylic oxidation sites excluding steroid dienone is 12. The lowest BCUT2D eigenvalue weighted by Gasteiger charge is -2.28. The van der Waals surface area contributed by atoms with Gasteiger partial charge in [0, 0.05) is 31.2 Å². The number of rotatable bonds is 19. The van der Waals surface area contributed by atoms with E-state index in [1.807, 2.05) is 0 Å². The van der Waals surface area contributed by atoms with Crippen LogP contribution in [0.4, 0.5) is 0 Å². The minimum absolute atomic E-state index is 0.0860. The first-order chi connectivity index (χ1) is 19.5. The summed E-state index contributed by atoms with van der Waals surface area (Å²) in [5, 5.41) is 5.97. The second-order valence-electron chi connectivity index (χ2n) is 9.84. The van der Waals surface area contributed by atoms with Gasteiger partial charge in [0.1, 0.15) is 0 Å². The van der Waals surface area contributed by atoms with Crippen LogP contribution in [0, 0.1) is 5.92 Å². The molecule has 1 fully saturated rings. The van der Waals surface area contributed by atoms with E-state index in [2.05, 4.69) is 95.2 Å². The van der Waals surface area contributed by atoms with Crippen LogP contribution in [0.15, 0.2) is 85.1 Å². The van der Waals surface area contributed by atoms with Crippen molar-refractivity contribution in [1.82, 2.24) is 10.6 Å². The summed E-state index contributed by atoms with van der Waals surface area (Å²) in [4.78, 5) is 35.1. The molecule has 0 aromatic rings. The Labute approximate surface area is 242 Å². The number of carbonyl (C=O) groups is 3. The third-order valence-corrected chi connectivity index (χ3v) is 6.49. The van der Waals surface area contributed by atoms with E-state index in [9.17, 15) is 14.4 Å². The Bertz CT molecular complexity index is 916. The number of nitrogens with one attached hydrogen (secondary N) is 2. The molecule has 1 aliphatic rings. The molecule has 6 heteroatoms. The van der Waals surface area contributed by atoms with Gasteiger partial charge in [-0.2, -0.15) is 0 Å². The SMILES string of the molecule is CCC=CCC=CCC=CCC=CCC=CCC=CCCC(=O)NCC1CCC(NC(=O)C=CC(=O)OC)CC1. The molecule has 1 aliphatic carbocycles. The zero-order valence-electron chi connectivity index (χ0n) is 24.6. The van der Waals surface area contributed by atoms with Crippen molar-refractivity contribution in [1.29, 1.82) is 0 Å². The van der Waals surface area contributed by atoms with Crippen molar-refractivity contribution in [3.8, 4) is 0 Å². The van der Waals surface area contributed by atoms with E-state index >= 15 is 0 Å². The third-order valence-electron chi connectivity index (χ3n) is 6.49. The first-order valence-corrected chi connectivity index (χ1v) is 14.8. The normalized spacial score (nSPS) is 18.4. The Morgan fingerprint density at radius 3 is 1.70 bits per heavy atom. The molecule has 2 amide bonds. The lowest BCUT2D eigenvalue weighted by Crippen LogP contribution is -2.39. The van der Waals surface area contributed by atoms with Gasteiger partial charge in [0.2, 0.25) is 11.8 Å². The van der Waals surface area contributed by atoms with E-state index in [1.165, 1.54) is 13.2 Å². The van der Waals surface area contributed by atoms with E-state index in [0.29, 0.717) is 18.9 Å². The van der Waals surface area contributed by atoms with E-state index < -0.39 is 5.97 Å². The van der Waals surface area contributed by atoms with E-state index in [0.717, 1.165) is 76.7 Å². The summed E-state index contributed by atoms with van der Waals surface area (Å²) in [5.41, 5.74) is 0. The molecule has 0 aromatic heterocycles. The summed E-state index contributed by atoms with van der Waals surface area (Å²) >= 11 is 0. The van der Waals surface area contributed by atoms with Crippen LogP contribution in [0.2, 0.25) is 0 Å². The smallest absolute Gasteiger partial charge is 0.330 e. The molecule has 0 aliphatic heterocycles. The summed E-state index contributed by atoms with van der Waals surface area (Å²) in [7, 11) is 1.27. The molecular formula is C34H50N2O4. The van der Waals surface area contributed by atoms with Crippen LogP contribution in [0.1, 0.15) is 84.0 Å². The van der Waals surface area contributed by atoms with Crippen LogP contribution in [0.5, 0.6) is 0 Å². The summed E-state index contributed by atoms with van der Waals surface area (Å²) in [6, 6.07) is 0.106. The van der Waals surface area contributed by atoms with Crippen molar-refractivity contribution in [2.75, 3.05) is 13.7 Å². The Kier molecular flexibility index (Phi) is 21.3. The third kappa shape index (κ3) is 20.5. The van der Waals surface area contributed by atoms with Crippen LogP contribution in [0.25, 0.3) is 0 Å². The quantitative estimate of drug-likeness (QED) is 0.103. The fraction of sp³-hybridized carbons (Fsp3) is 0.500. The molecule has 1 saturated carbocycles. The Balaban J connectivity index is 2.02. The van der Waals surface area contributed by atoms with Gasteiger partial charge < -0.3 is 15.4 Å². The molecule has 0 spiro atoms. The highest BCUT2D eigenvalue weighted by molar-refractivity contribution is 5.94. The maximum Gasteiger partial charge on any atom is 0.330 e. The maximum atomic E-state index is 12.2. The summed E-state index contributed by atoms with van der Waals surface area (Å²) < 4.78 is 4.48. The van der Waals surface area contributed by atoms with Gasteiger partial charge in [-0.05, 0) is 76.5 Å². The van der Waals surface area contributed by atoms with E-state index in [1.54, 1.807) is 0 Å². The van der Waals surface area contributed by atoms with Crippen molar-refractivity contribution in [3.05, 3.63) is 85.1 Å². The number of hydrogen-bond acceptors (Lipinski definition) is 4. The summed E-state index contributed by atoms with van der Waals surface area (Å²) in [5.74, 6) is -0.302. The van der Waals surface area contributed by atoms with Crippen LogP contribution in [-0.2, 0) is 19.1 Å². The first kappa shape index (κ1) is 34.6. The molecule has 0 unspecified atom stereocenters. The van der Waals surface area contributed by atoms with Gasteiger partial charge in [-0.1, -0.05) is 79.8 Å². The predicted octanol–water partition coefficient (Wildman–Crippen LogP) is 6.98. The standard InChI is InChI=1S/C34H50N2O4/c1-3-4-5-6-7-8-9-10-11-12-13-14-15-16-17-18-19-20-21-22-32(37)35-29-30-23-25-31(26-24-30)36-33(38)27-28-34(39)40-2/h4-5,7-8,10-11,13-14,16-17,19-20,27-28,30-31H,3,6,9,12,15,18,21-26,29H2,1-2H3,(H,35,37)(H,36,38). The number of hydrogen-bond donors (Lipinski definition) is 2. The van der Waals surface area contributed by atoms with Crippen molar-refractivity contribution < 1.29 is 19.1 Å². The molecule has 40 heavy (non-hydrogen) atoms. The van der Waals surface area contributed by atoms with Crippen LogP contribution < -0.4 is 10.6 Å². The van der Waals surface area contributed by atoms with Crippen LogP contribution in [0.3, 0.4) is 0 Å². The van der Waals surface area contributed by atoms with E-state index in [-0.39, 0.29) is 17.9 Å². The zero-order valence-corrected chi connectivity index (χ0v) is 24.6.